The van der Waals surface area contributed by atoms with Gasteiger partial charge in [0.25, 0.3) is 0 Å². The van der Waals surface area contributed by atoms with Gasteiger partial charge in [0, 0.05) is 0 Å². The van der Waals surface area contributed by atoms with Crippen LogP contribution in [0, 0.1) is 3.70 Å². The summed E-state index contributed by atoms with van der Waals surface area (Å²) in [7, 11) is 0. The average Bonchev–Trinajstić information content (AvgIpc) is 2.14. The summed E-state index contributed by atoms with van der Waals surface area (Å²) in [6.45, 7) is 3.58. The molecule has 0 aliphatic carbocycles. The standard InChI is InChI=1S/C5H5IN2/c1-2-4-5(6)8-3-7-4/h2-3H,1H2,(H,7,8). The Hall–Kier alpha value is -0.320. The van der Waals surface area contributed by atoms with Gasteiger partial charge in [0.2, 0.25) is 0 Å². The largest absolute Gasteiger partial charge is 0.340 e. The van der Waals surface area contributed by atoms with Gasteiger partial charge in [0.1, 0.15) is 3.70 Å². The van der Waals surface area contributed by atoms with Crippen molar-refractivity contribution in [2.75, 3.05) is 0 Å². The van der Waals surface area contributed by atoms with Gasteiger partial charge in [-0.3, -0.25) is 0 Å². The predicted octanol–water partition coefficient (Wildman–Crippen LogP) is 1.66. The van der Waals surface area contributed by atoms with Gasteiger partial charge in [-0.05, 0) is 28.7 Å². The summed E-state index contributed by atoms with van der Waals surface area (Å²) in [6.07, 6.45) is 3.37. The van der Waals surface area contributed by atoms with Crippen molar-refractivity contribution in [1.82, 2.24) is 9.97 Å². The van der Waals surface area contributed by atoms with Crippen LogP contribution in [0.3, 0.4) is 0 Å². The zero-order valence-corrected chi connectivity index (χ0v) is 6.34. The van der Waals surface area contributed by atoms with Crippen LogP contribution in [0.25, 0.3) is 6.08 Å². The molecule has 1 aromatic rings. The van der Waals surface area contributed by atoms with Crippen molar-refractivity contribution in [2.24, 2.45) is 0 Å². The molecule has 0 spiro atoms. The zero-order chi connectivity index (χ0) is 5.98. The van der Waals surface area contributed by atoms with Crippen molar-refractivity contribution in [1.29, 1.82) is 0 Å². The van der Waals surface area contributed by atoms with Crippen LogP contribution in [0.2, 0.25) is 0 Å². The van der Waals surface area contributed by atoms with Crippen LogP contribution < -0.4 is 0 Å². The van der Waals surface area contributed by atoms with Gasteiger partial charge in [-0.1, -0.05) is 6.58 Å². The Morgan fingerprint density at radius 3 is 2.88 bits per heavy atom. The maximum atomic E-state index is 3.95. The van der Waals surface area contributed by atoms with E-state index in [1.165, 1.54) is 0 Å². The lowest BCUT2D eigenvalue weighted by Gasteiger charge is -1.79. The van der Waals surface area contributed by atoms with Crippen LogP contribution in [0.5, 0.6) is 0 Å². The molecule has 42 valence electrons. The van der Waals surface area contributed by atoms with Crippen LogP contribution in [-0.4, -0.2) is 9.97 Å². The maximum Gasteiger partial charge on any atom is 0.104 e. The number of H-pyrrole nitrogens is 1. The van der Waals surface area contributed by atoms with E-state index < -0.39 is 0 Å². The van der Waals surface area contributed by atoms with E-state index in [0.29, 0.717) is 0 Å². The Labute approximate surface area is 61.2 Å². The molecule has 0 bridgehead atoms. The first-order chi connectivity index (χ1) is 3.84. The Morgan fingerprint density at radius 1 is 1.88 bits per heavy atom. The van der Waals surface area contributed by atoms with E-state index in [4.69, 9.17) is 0 Å². The van der Waals surface area contributed by atoms with Gasteiger partial charge >= 0.3 is 0 Å². The van der Waals surface area contributed by atoms with Crippen molar-refractivity contribution in [2.45, 2.75) is 0 Å². The Kier molecular flexibility index (Phi) is 1.67. The molecular formula is C5H5IN2. The number of aromatic nitrogens is 2. The topological polar surface area (TPSA) is 28.7 Å². The highest BCUT2D eigenvalue weighted by Crippen LogP contribution is 2.05. The molecule has 1 aromatic heterocycles. The van der Waals surface area contributed by atoms with Crippen molar-refractivity contribution in [3.63, 3.8) is 0 Å². The Balaban J connectivity index is 3.09. The number of nitrogens with one attached hydrogen (secondary N) is 1. The van der Waals surface area contributed by atoms with Crippen LogP contribution in [0.1, 0.15) is 5.69 Å². The number of nitrogens with zero attached hydrogens (tertiary/aromatic N) is 1. The number of hydrogen-bond acceptors (Lipinski definition) is 1. The summed E-state index contributed by atoms with van der Waals surface area (Å²) < 4.78 is 1.04. The molecule has 0 saturated carbocycles. The monoisotopic (exact) mass is 220 g/mol. The minimum absolute atomic E-state index is 0.922. The number of imidazole rings is 1. The van der Waals surface area contributed by atoms with Crippen LogP contribution in [-0.2, 0) is 0 Å². The molecule has 0 fully saturated rings. The second kappa shape index (κ2) is 2.30. The van der Waals surface area contributed by atoms with Crippen molar-refractivity contribution >= 4 is 28.7 Å². The number of rotatable bonds is 1. The maximum absolute atomic E-state index is 3.95. The third-order valence-electron chi connectivity index (χ3n) is 0.813. The molecule has 0 atom stereocenters. The minimum Gasteiger partial charge on any atom is -0.340 e. The smallest absolute Gasteiger partial charge is 0.104 e. The number of aromatic amines is 1. The van der Waals surface area contributed by atoms with E-state index in [0.717, 1.165) is 9.39 Å². The van der Waals surface area contributed by atoms with E-state index in [2.05, 4.69) is 39.1 Å². The molecule has 0 saturated heterocycles. The van der Waals surface area contributed by atoms with Gasteiger partial charge in [0.05, 0.1) is 12.0 Å². The number of hydrogen-bond donors (Lipinski definition) is 1. The second-order valence-corrected chi connectivity index (χ2v) is 2.38. The van der Waals surface area contributed by atoms with Gasteiger partial charge < -0.3 is 4.98 Å². The molecule has 0 aliphatic heterocycles. The van der Waals surface area contributed by atoms with E-state index in [9.17, 15) is 0 Å². The normalized spacial score (nSPS) is 9.12. The lowest BCUT2D eigenvalue weighted by atomic mass is 10.5. The third-order valence-corrected chi connectivity index (χ3v) is 1.68. The quantitative estimate of drug-likeness (QED) is 0.716. The molecular weight excluding hydrogens is 215 g/mol. The third kappa shape index (κ3) is 0.912. The molecule has 0 unspecified atom stereocenters. The van der Waals surface area contributed by atoms with Gasteiger partial charge in [-0.2, -0.15) is 0 Å². The first-order valence-corrected chi connectivity index (χ1v) is 3.24. The van der Waals surface area contributed by atoms with Crippen molar-refractivity contribution in [3.8, 4) is 0 Å². The van der Waals surface area contributed by atoms with Gasteiger partial charge in [-0.15, -0.1) is 0 Å². The predicted molar refractivity (Wildman–Crippen MR) is 41.4 cm³/mol. The summed E-state index contributed by atoms with van der Waals surface area (Å²) in [5.41, 5.74) is 0.922. The molecule has 8 heavy (non-hydrogen) atoms. The highest BCUT2D eigenvalue weighted by molar-refractivity contribution is 14.1. The zero-order valence-electron chi connectivity index (χ0n) is 4.19. The second-order valence-electron chi connectivity index (χ2n) is 1.31. The van der Waals surface area contributed by atoms with Crippen molar-refractivity contribution in [3.05, 3.63) is 22.3 Å². The highest BCUT2D eigenvalue weighted by atomic mass is 127. The van der Waals surface area contributed by atoms with Crippen LogP contribution >= 0.6 is 22.6 Å². The fraction of sp³-hybridized carbons (Fsp3) is 0. The van der Waals surface area contributed by atoms with E-state index in [1.807, 2.05) is 0 Å². The summed E-state index contributed by atoms with van der Waals surface area (Å²) in [6, 6.07) is 0. The lowest BCUT2D eigenvalue weighted by Crippen LogP contribution is -1.71. The molecule has 0 radical (unpaired) electrons. The molecule has 1 heterocycles. The summed E-state index contributed by atoms with van der Waals surface area (Å²) in [5.74, 6) is 0. The van der Waals surface area contributed by atoms with Crippen LogP contribution in [0.4, 0.5) is 0 Å². The molecule has 0 aliphatic rings. The van der Waals surface area contributed by atoms with Gasteiger partial charge in [0.15, 0.2) is 0 Å². The van der Waals surface area contributed by atoms with E-state index in [-0.39, 0.29) is 0 Å². The molecule has 0 aromatic carbocycles. The molecule has 2 nitrogen and oxygen atoms in total. The minimum atomic E-state index is 0.922. The highest BCUT2D eigenvalue weighted by Gasteiger charge is 1.92. The SMILES string of the molecule is C=Cc1nc[nH]c1I. The fourth-order valence-electron chi connectivity index (χ4n) is 0.431. The van der Waals surface area contributed by atoms with Crippen molar-refractivity contribution < 1.29 is 0 Å². The van der Waals surface area contributed by atoms with E-state index in [1.54, 1.807) is 12.4 Å². The summed E-state index contributed by atoms with van der Waals surface area (Å²) >= 11 is 2.17. The van der Waals surface area contributed by atoms with E-state index >= 15 is 0 Å². The Bertz CT molecular complexity index is 192. The average molecular weight is 220 g/mol. The molecule has 1 N–H and O–H groups in total. The fourth-order valence-corrected chi connectivity index (χ4v) is 0.930. The first kappa shape index (κ1) is 5.81. The number of halogens is 1. The lowest BCUT2D eigenvalue weighted by molar-refractivity contribution is 1.30. The Morgan fingerprint density at radius 2 is 2.62 bits per heavy atom. The first-order valence-electron chi connectivity index (χ1n) is 2.16. The summed E-state index contributed by atoms with van der Waals surface area (Å²) in [5, 5.41) is 0. The van der Waals surface area contributed by atoms with Gasteiger partial charge in [-0.25, -0.2) is 4.98 Å². The molecule has 3 heteroatoms. The van der Waals surface area contributed by atoms with Crippen LogP contribution in [0.15, 0.2) is 12.9 Å². The molecule has 1 rings (SSSR count). The molecule has 0 amide bonds. The summed E-state index contributed by atoms with van der Waals surface area (Å²) in [4.78, 5) is 6.88.